The number of fused-ring (bicyclic) bond motifs is 1. The fourth-order valence-electron chi connectivity index (χ4n) is 2.68. The fourth-order valence-corrected chi connectivity index (χ4v) is 3.79. The summed E-state index contributed by atoms with van der Waals surface area (Å²) in [6.45, 7) is 5.99. The molecule has 1 heterocycles. The predicted octanol–water partition coefficient (Wildman–Crippen LogP) is 4.36. The highest BCUT2D eigenvalue weighted by atomic mass is 32.1. The van der Waals surface area contributed by atoms with Gasteiger partial charge in [0, 0.05) is 6.42 Å². The predicted molar refractivity (Wildman–Crippen MR) is 88.8 cm³/mol. The summed E-state index contributed by atoms with van der Waals surface area (Å²) >= 11 is 1.66. The van der Waals surface area contributed by atoms with Crippen molar-refractivity contribution in [3.8, 4) is 0 Å². The SMILES string of the molecule is Cc1cc(C)cc(C(C)(O)Cc2nc3ccccc3s2)c1. The van der Waals surface area contributed by atoms with E-state index in [1.165, 1.54) is 15.8 Å². The van der Waals surface area contributed by atoms with Crippen molar-refractivity contribution in [3.63, 3.8) is 0 Å². The Labute approximate surface area is 129 Å². The molecule has 0 amide bonds. The molecular weight excluding hydrogens is 278 g/mol. The number of benzene rings is 2. The molecule has 1 aromatic heterocycles. The molecule has 0 aliphatic rings. The second kappa shape index (κ2) is 5.24. The van der Waals surface area contributed by atoms with Gasteiger partial charge in [0.25, 0.3) is 0 Å². The van der Waals surface area contributed by atoms with Crippen molar-refractivity contribution in [2.75, 3.05) is 0 Å². The number of para-hydroxylation sites is 1. The monoisotopic (exact) mass is 297 g/mol. The molecule has 0 aliphatic carbocycles. The smallest absolute Gasteiger partial charge is 0.0970 e. The van der Waals surface area contributed by atoms with Crippen molar-refractivity contribution in [2.24, 2.45) is 0 Å². The van der Waals surface area contributed by atoms with Crippen LogP contribution in [0.15, 0.2) is 42.5 Å². The molecule has 0 fully saturated rings. The van der Waals surface area contributed by atoms with E-state index in [2.05, 4.69) is 43.1 Å². The molecule has 108 valence electrons. The summed E-state index contributed by atoms with van der Waals surface area (Å²) in [5.74, 6) is 0. The summed E-state index contributed by atoms with van der Waals surface area (Å²) in [6, 6.07) is 14.3. The van der Waals surface area contributed by atoms with Gasteiger partial charge in [-0.15, -0.1) is 11.3 Å². The number of thiazole rings is 1. The Morgan fingerprint density at radius 1 is 1.10 bits per heavy atom. The van der Waals surface area contributed by atoms with E-state index in [4.69, 9.17) is 0 Å². The molecule has 0 bridgehead atoms. The maximum atomic E-state index is 10.9. The average molecular weight is 297 g/mol. The van der Waals surface area contributed by atoms with Crippen LogP contribution in [0.2, 0.25) is 0 Å². The highest BCUT2D eigenvalue weighted by Gasteiger charge is 2.25. The molecule has 1 N–H and O–H groups in total. The minimum Gasteiger partial charge on any atom is -0.385 e. The van der Waals surface area contributed by atoms with E-state index in [1.54, 1.807) is 11.3 Å². The Morgan fingerprint density at radius 3 is 2.43 bits per heavy atom. The van der Waals surface area contributed by atoms with Crippen LogP contribution in [-0.4, -0.2) is 10.1 Å². The molecule has 1 atom stereocenters. The molecule has 0 aliphatic heterocycles. The lowest BCUT2D eigenvalue weighted by atomic mass is 9.90. The third-order valence-electron chi connectivity index (χ3n) is 3.68. The van der Waals surface area contributed by atoms with Crippen molar-refractivity contribution < 1.29 is 5.11 Å². The first-order valence-electron chi connectivity index (χ1n) is 7.10. The van der Waals surface area contributed by atoms with Gasteiger partial charge in [-0.05, 0) is 38.5 Å². The number of aryl methyl sites for hydroxylation is 2. The zero-order chi connectivity index (χ0) is 15.0. The molecular formula is C18H19NOS. The first-order valence-corrected chi connectivity index (χ1v) is 7.91. The van der Waals surface area contributed by atoms with Crippen LogP contribution in [0.4, 0.5) is 0 Å². The Hall–Kier alpha value is -1.71. The highest BCUT2D eigenvalue weighted by molar-refractivity contribution is 7.18. The van der Waals surface area contributed by atoms with E-state index in [9.17, 15) is 5.11 Å². The topological polar surface area (TPSA) is 33.1 Å². The molecule has 1 unspecified atom stereocenters. The molecule has 0 radical (unpaired) electrons. The van der Waals surface area contributed by atoms with Gasteiger partial charge < -0.3 is 5.11 Å². The summed E-state index contributed by atoms with van der Waals surface area (Å²) in [6.07, 6.45) is 0.537. The molecule has 0 saturated carbocycles. The van der Waals surface area contributed by atoms with Crippen LogP contribution < -0.4 is 0 Å². The number of nitrogens with zero attached hydrogens (tertiary/aromatic N) is 1. The summed E-state index contributed by atoms with van der Waals surface area (Å²) in [5, 5.41) is 11.9. The Kier molecular flexibility index (Phi) is 3.56. The van der Waals surface area contributed by atoms with Crippen molar-refractivity contribution >= 4 is 21.6 Å². The third-order valence-corrected chi connectivity index (χ3v) is 4.71. The van der Waals surface area contributed by atoms with Gasteiger partial charge in [0.1, 0.15) is 0 Å². The van der Waals surface area contributed by atoms with Crippen molar-refractivity contribution in [1.82, 2.24) is 4.98 Å². The molecule has 21 heavy (non-hydrogen) atoms. The van der Waals surface area contributed by atoms with Crippen LogP contribution in [0, 0.1) is 13.8 Å². The third kappa shape index (κ3) is 2.99. The van der Waals surface area contributed by atoms with Crippen LogP contribution in [0.1, 0.15) is 28.6 Å². The number of hydrogen-bond donors (Lipinski definition) is 1. The first-order chi connectivity index (χ1) is 9.94. The molecule has 3 rings (SSSR count). The summed E-state index contributed by atoms with van der Waals surface area (Å²) < 4.78 is 1.17. The molecule has 0 saturated heterocycles. The Bertz CT molecular complexity index is 736. The summed E-state index contributed by atoms with van der Waals surface area (Å²) in [7, 11) is 0. The van der Waals surface area contributed by atoms with E-state index in [1.807, 2.05) is 25.1 Å². The van der Waals surface area contributed by atoms with E-state index in [-0.39, 0.29) is 0 Å². The molecule has 0 spiro atoms. The molecule has 3 aromatic rings. The lowest BCUT2D eigenvalue weighted by Crippen LogP contribution is -2.24. The van der Waals surface area contributed by atoms with Gasteiger partial charge in [0.2, 0.25) is 0 Å². The minimum absolute atomic E-state index is 0.537. The van der Waals surface area contributed by atoms with Gasteiger partial charge in [-0.3, -0.25) is 0 Å². The lowest BCUT2D eigenvalue weighted by Gasteiger charge is -2.23. The largest absolute Gasteiger partial charge is 0.385 e. The van der Waals surface area contributed by atoms with Gasteiger partial charge in [0.05, 0.1) is 20.8 Å². The van der Waals surface area contributed by atoms with Crippen LogP contribution in [0.25, 0.3) is 10.2 Å². The minimum atomic E-state index is -0.898. The lowest BCUT2D eigenvalue weighted by molar-refractivity contribution is 0.0575. The Balaban J connectivity index is 1.94. The van der Waals surface area contributed by atoms with Crippen LogP contribution in [0.5, 0.6) is 0 Å². The van der Waals surface area contributed by atoms with E-state index in [0.29, 0.717) is 6.42 Å². The van der Waals surface area contributed by atoms with Gasteiger partial charge in [-0.1, -0.05) is 41.5 Å². The van der Waals surface area contributed by atoms with Crippen LogP contribution in [-0.2, 0) is 12.0 Å². The summed E-state index contributed by atoms with van der Waals surface area (Å²) in [5.41, 5.74) is 3.42. The second-order valence-corrected chi connectivity index (χ2v) is 7.02. The standard InChI is InChI=1S/C18H19NOS/c1-12-8-13(2)10-14(9-12)18(3,20)11-17-19-15-6-4-5-7-16(15)21-17/h4-10,20H,11H2,1-3H3. The number of hydrogen-bond acceptors (Lipinski definition) is 3. The van der Waals surface area contributed by atoms with Gasteiger partial charge in [0.15, 0.2) is 0 Å². The Morgan fingerprint density at radius 2 is 1.76 bits per heavy atom. The number of aliphatic hydroxyl groups is 1. The van der Waals surface area contributed by atoms with Crippen molar-refractivity contribution in [1.29, 1.82) is 0 Å². The quantitative estimate of drug-likeness (QED) is 0.779. The average Bonchev–Trinajstić information content (AvgIpc) is 2.78. The molecule has 2 aromatic carbocycles. The zero-order valence-corrected chi connectivity index (χ0v) is 13.4. The van der Waals surface area contributed by atoms with E-state index < -0.39 is 5.60 Å². The number of aromatic nitrogens is 1. The normalized spacial score (nSPS) is 14.3. The summed E-state index contributed by atoms with van der Waals surface area (Å²) in [4.78, 5) is 4.63. The fraction of sp³-hybridized carbons (Fsp3) is 0.278. The highest BCUT2D eigenvalue weighted by Crippen LogP contribution is 2.30. The van der Waals surface area contributed by atoms with Crippen molar-refractivity contribution in [3.05, 3.63) is 64.2 Å². The number of rotatable bonds is 3. The van der Waals surface area contributed by atoms with Crippen LogP contribution >= 0.6 is 11.3 Å². The van der Waals surface area contributed by atoms with Gasteiger partial charge in [-0.2, -0.15) is 0 Å². The molecule has 2 nitrogen and oxygen atoms in total. The van der Waals surface area contributed by atoms with Gasteiger partial charge >= 0.3 is 0 Å². The maximum absolute atomic E-state index is 10.9. The van der Waals surface area contributed by atoms with E-state index >= 15 is 0 Å². The van der Waals surface area contributed by atoms with Crippen molar-refractivity contribution in [2.45, 2.75) is 32.8 Å². The van der Waals surface area contributed by atoms with E-state index in [0.717, 1.165) is 16.1 Å². The first kappa shape index (κ1) is 14.2. The van der Waals surface area contributed by atoms with Gasteiger partial charge in [-0.25, -0.2) is 4.98 Å². The van der Waals surface area contributed by atoms with Crippen LogP contribution in [0.3, 0.4) is 0 Å². The second-order valence-electron chi connectivity index (χ2n) is 5.90. The maximum Gasteiger partial charge on any atom is 0.0970 e. The molecule has 3 heteroatoms. The zero-order valence-electron chi connectivity index (χ0n) is 12.6.